The van der Waals surface area contributed by atoms with Crippen LogP contribution in [0, 0.1) is 6.92 Å². The summed E-state index contributed by atoms with van der Waals surface area (Å²) in [7, 11) is 0. The van der Waals surface area contributed by atoms with Gasteiger partial charge < -0.3 is 9.67 Å². The molecule has 0 fully saturated rings. The molecule has 1 aromatic heterocycles. The third kappa shape index (κ3) is 3.26. The number of aryl methyl sites for hydroxylation is 2. The van der Waals surface area contributed by atoms with Gasteiger partial charge in [-0.1, -0.05) is 13.0 Å². The summed E-state index contributed by atoms with van der Waals surface area (Å²) in [5.74, 6) is 0. The Labute approximate surface area is 121 Å². The van der Waals surface area contributed by atoms with Gasteiger partial charge in [0.05, 0.1) is 23.8 Å². The lowest BCUT2D eigenvalue weighted by Crippen LogP contribution is -2.11. The summed E-state index contributed by atoms with van der Waals surface area (Å²) in [6.45, 7) is 4.26. The molecule has 1 unspecified atom stereocenters. The highest BCUT2D eigenvalue weighted by Crippen LogP contribution is 2.33. The van der Waals surface area contributed by atoms with Crippen LogP contribution in [-0.4, -0.2) is 14.7 Å². The van der Waals surface area contributed by atoms with Gasteiger partial charge in [-0.3, -0.25) is 0 Å². The van der Waals surface area contributed by atoms with Crippen LogP contribution >= 0.6 is 0 Å². The standard InChI is InChI=1S/C15H17F3N2O/c1-3-6-20-9-19-8-13(20)14(21)12-5-4-11(7-10(12)2)15(16,17)18/h4-5,7-9,14,21H,3,6H2,1-2H3. The Morgan fingerprint density at radius 3 is 2.62 bits per heavy atom. The molecule has 0 amide bonds. The molecule has 114 valence electrons. The quantitative estimate of drug-likeness (QED) is 0.934. The van der Waals surface area contributed by atoms with Crippen LogP contribution in [0.3, 0.4) is 0 Å². The van der Waals surface area contributed by atoms with Gasteiger partial charge in [0.1, 0.15) is 6.10 Å². The molecule has 0 radical (unpaired) electrons. The van der Waals surface area contributed by atoms with Crippen molar-refractivity contribution < 1.29 is 18.3 Å². The van der Waals surface area contributed by atoms with Crippen molar-refractivity contribution in [3.05, 3.63) is 53.1 Å². The Hall–Kier alpha value is -1.82. The van der Waals surface area contributed by atoms with E-state index in [0.29, 0.717) is 23.4 Å². The maximum absolute atomic E-state index is 12.7. The lowest BCUT2D eigenvalue weighted by molar-refractivity contribution is -0.137. The Kier molecular flexibility index (Phi) is 4.37. The van der Waals surface area contributed by atoms with Crippen molar-refractivity contribution in [2.24, 2.45) is 0 Å². The molecule has 6 heteroatoms. The molecule has 0 aliphatic carbocycles. The summed E-state index contributed by atoms with van der Waals surface area (Å²) in [4.78, 5) is 4.00. The summed E-state index contributed by atoms with van der Waals surface area (Å²) < 4.78 is 39.8. The molecule has 0 spiro atoms. The third-order valence-electron chi connectivity index (χ3n) is 3.38. The topological polar surface area (TPSA) is 38.0 Å². The molecule has 0 saturated carbocycles. The van der Waals surface area contributed by atoms with Crippen LogP contribution in [0.5, 0.6) is 0 Å². The molecule has 2 aromatic rings. The van der Waals surface area contributed by atoms with Crippen molar-refractivity contribution in [3.8, 4) is 0 Å². The lowest BCUT2D eigenvalue weighted by Gasteiger charge is -2.17. The number of rotatable bonds is 4. The minimum Gasteiger partial charge on any atom is -0.382 e. The van der Waals surface area contributed by atoms with Crippen LogP contribution < -0.4 is 0 Å². The van der Waals surface area contributed by atoms with Crippen molar-refractivity contribution >= 4 is 0 Å². The molecule has 0 saturated heterocycles. The van der Waals surface area contributed by atoms with E-state index < -0.39 is 17.8 Å². The van der Waals surface area contributed by atoms with Gasteiger partial charge in [0.25, 0.3) is 0 Å². The molecule has 1 N–H and O–H groups in total. The van der Waals surface area contributed by atoms with Crippen molar-refractivity contribution in [2.75, 3.05) is 0 Å². The van der Waals surface area contributed by atoms with E-state index in [1.807, 2.05) is 11.5 Å². The highest BCUT2D eigenvalue weighted by molar-refractivity contribution is 5.37. The van der Waals surface area contributed by atoms with E-state index in [1.54, 1.807) is 13.3 Å². The first-order valence-corrected chi connectivity index (χ1v) is 6.70. The molecule has 0 aliphatic heterocycles. The summed E-state index contributed by atoms with van der Waals surface area (Å²) in [6.07, 6.45) is -1.33. The van der Waals surface area contributed by atoms with Crippen LogP contribution in [0.2, 0.25) is 0 Å². The zero-order valence-corrected chi connectivity index (χ0v) is 11.9. The smallest absolute Gasteiger partial charge is 0.382 e. The minimum absolute atomic E-state index is 0.404. The predicted molar refractivity (Wildman–Crippen MR) is 72.8 cm³/mol. The predicted octanol–water partition coefficient (Wildman–Crippen LogP) is 3.70. The van der Waals surface area contributed by atoms with Crippen molar-refractivity contribution in [1.29, 1.82) is 0 Å². The average molecular weight is 298 g/mol. The molecular weight excluding hydrogens is 281 g/mol. The van der Waals surface area contributed by atoms with Gasteiger partial charge >= 0.3 is 6.18 Å². The monoisotopic (exact) mass is 298 g/mol. The molecule has 0 aliphatic rings. The molecule has 1 aromatic carbocycles. The summed E-state index contributed by atoms with van der Waals surface area (Å²) in [5.41, 5.74) is 0.736. The number of benzene rings is 1. The number of aliphatic hydroxyl groups is 1. The SMILES string of the molecule is CCCn1cncc1C(O)c1ccc(C(F)(F)F)cc1C. The highest BCUT2D eigenvalue weighted by Gasteiger charge is 2.31. The number of aliphatic hydroxyl groups excluding tert-OH is 1. The lowest BCUT2D eigenvalue weighted by atomic mass is 9.98. The number of imidazole rings is 1. The second-order valence-corrected chi connectivity index (χ2v) is 4.98. The number of nitrogens with zero attached hydrogens (tertiary/aromatic N) is 2. The van der Waals surface area contributed by atoms with Gasteiger partial charge in [0, 0.05) is 6.54 Å². The average Bonchev–Trinajstić information content (AvgIpc) is 2.85. The van der Waals surface area contributed by atoms with Crippen LogP contribution in [0.1, 0.15) is 41.8 Å². The Morgan fingerprint density at radius 1 is 1.33 bits per heavy atom. The van der Waals surface area contributed by atoms with E-state index in [-0.39, 0.29) is 0 Å². The second-order valence-electron chi connectivity index (χ2n) is 4.98. The minimum atomic E-state index is -4.38. The van der Waals surface area contributed by atoms with Crippen LogP contribution in [0.15, 0.2) is 30.7 Å². The first kappa shape index (κ1) is 15.6. The third-order valence-corrected chi connectivity index (χ3v) is 3.38. The number of hydrogen-bond donors (Lipinski definition) is 1. The van der Waals surface area contributed by atoms with E-state index in [4.69, 9.17) is 0 Å². The van der Waals surface area contributed by atoms with Gasteiger partial charge in [-0.25, -0.2) is 4.98 Å². The van der Waals surface area contributed by atoms with Crippen LogP contribution in [0.25, 0.3) is 0 Å². The van der Waals surface area contributed by atoms with Crippen LogP contribution in [0.4, 0.5) is 13.2 Å². The molecule has 21 heavy (non-hydrogen) atoms. The van der Waals surface area contributed by atoms with Gasteiger partial charge in [0.15, 0.2) is 0 Å². The fourth-order valence-corrected chi connectivity index (χ4v) is 2.30. The van der Waals surface area contributed by atoms with Gasteiger partial charge in [-0.05, 0) is 36.6 Å². The van der Waals surface area contributed by atoms with Crippen molar-refractivity contribution in [2.45, 2.75) is 39.1 Å². The van der Waals surface area contributed by atoms with Gasteiger partial charge in [-0.2, -0.15) is 13.2 Å². The maximum Gasteiger partial charge on any atom is 0.416 e. The maximum atomic E-state index is 12.7. The second kappa shape index (κ2) is 5.89. The first-order valence-electron chi connectivity index (χ1n) is 6.70. The fraction of sp³-hybridized carbons (Fsp3) is 0.400. The molecule has 3 nitrogen and oxygen atoms in total. The first-order chi connectivity index (χ1) is 9.84. The Balaban J connectivity index is 2.35. The summed E-state index contributed by atoms with van der Waals surface area (Å²) in [6, 6.07) is 3.37. The molecular formula is C15H17F3N2O. The fourth-order valence-electron chi connectivity index (χ4n) is 2.30. The zero-order chi connectivity index (χ0) is 15.6. The van der Waals surface area contributed by atoms with E-state index in [2.05, 4.69) is 4.98 Å². The van der Waals surface area contributed by atoms with E-state index in [1.165, 1.54) is 12.3 Å². The van der Waals surface area contributed by atoms with E-state index >= 15 is 0 Å². The number of alkyl halides is 3. The Morgan fingerprint density at radius 2 is 2.05 bits per heavy atom. The van der Waals surface area contributed by atoms with Gasteiger partial charge in [0.2, 0.25) is 0 Å². The molecule has 1 atom stereocenters. The molecule has 2 rings (SSSR count). The van der Waals surface area contributed by atoms with Gasteiger partial charge in [-0.15, -0.1) is 0 Å². The number of aromatic nitrogens is 2. The molecule has 1 heterocycles. The van der Waals surface area contributed by atoms with Crippen molar-refractivity contribution in [1.82, 2.24) is 9.55 Å². The van der Waals surface area contributed by atoms with Crippen molar-refractivity contribution in [3.63, 3.8) is 0 Å². The number of halogens is 3. The zero-order valence-electron chi connectivity index (χ0n) is 11.9. The van der Waals surface area contributed by atoms with Crippen LogP contribution in [-0.2, 0) is 12.7 Å². The normalized spacial score (nSPS) is 13.4. The highest BCUT2D eigenvalue weighted by atomic mass is 19.4. The Bertz CT molecular complexity index is 620. The number of hydrogen-bond acceptors (Lipinski definition) is 2. The summed E-state index contributed by atoms with van der Waals surface area (Å²) in [5, 5.41) is 10.4. The largest absolute Gasteiger partial charge is 0.416 e. The molecule has 0 bridgehead atoms. The van der Waals surface area contributed by atoms with E-state index in [9.17, 15) is 18.3 Å². The summed E-state index contributed by atoms with van der Waals surface area (Å²) >= 11 is 0. The van der Waals surface area contributed by atoms with E-state index in [0.717, 1.165) is 18.6 Å².